The molecule has 1 aliphatic rings. The summed E-state index contributed by atoms with van der Waals surface area (Å²) in [6.07, 6.45) is 3.37. The molecule has 2 atom stereocenters. The van der Waals surface area contributed by atoms with E-state index in [-0.39, 0.29) is 18.4 Å². The molecular weight excluding hydrogens is 350 g/mol. The van der Waals surface area contributed by atoms with E-state index in [1.165, 1.54) is 28.3 Å². The summed E-state index contributed by atoms with van der Waals surface area (Å²) in [4.78, 5) is 12.6. The van der Waals surface area contributed by atoms with E-state index in [4.69, 9.17) is 0 Å². The van der Waals surface area contributed by atoms with Gasteiger partial charge in [-0.3, -0.25) is 4.79 Å². The van der Waals surface area contributed by atoms with Crippen LogP contribution in [0, 0.1) is 11.8 Å². The fourth-order valence-electron chi connectivity index (χ4n) is 3.29. The summed E-state index contributed by atoms with van der Waals surface area (Å²) in [5, 5.41) is 3.05. The second kappa shape index (κ2) is 9.48. The average Bonchev–Trinajstić information content (AvgIpc) is 2.65. The van der Waals surface area contributed by atoms with E-state index in [0.29, 0.717) is 25.4 Å². The molecule has 1 aliphatic heterocycles. The largest absolute Gasteiger partial charge is 0.356 e. The van der Waals surface area contributed by atoms with Gasteiger partial charge in [0.25, 0.3) is 10.2 Å². The molecule has 2 rings (SSSR count). The minimum atomic E-state index is -3.46. The Morgan fingerprint density at radius 3 is 2.62 bits per heavy atom. The van der Waals surface area contributed by atoms with Gasteiger partial charge in [-0.1, -0.05) is 43.7 Å². The van der Waals surface area contributed by atoms with Gasteiger partial charge in [0.05, 0.1) is 5.92 Å². The average molecular weight is 382 g/mol. The minimum absolute atomic E-state index is 0.0323. The van der Waals surface area contributed by atoms with E-state index in [1.807, 2.05) is 18.2 Å². The van der Waals surface area contributed by atoms with Crippen LogP contribution < -0.4 is 5.32 Å². The molecule has 1 heterocycles. The molecule has 0 bridgehead atoms. The van der Waals surface area contributed by atoms with Crippen molar-refractivity contribution in [3.05, 3.63) is 35.9 Å². The number of benzene rings is 1. The van der Waals surface area contributed by atoms with Crippen molar-refractivity contribution in [3.8, 4) is 0 Å². The smallest absolute Gasteiger partial charge is 0.281 e. The predicted octanol–water partition coefficient (Wildman–Crippen LogP) is 1.89. The van der Waals surface area contributed by atoms with E-state index < -0.39 is 10.2 Å². The Balaban J connectivity index is 1.88. The molecule has 7 heteroatoms. The van der Waals surface area contributed by atoms with Gasteiger partial charge in [-0.05, 0) is 30.7 Å². The molecule has 1 aromatic carbocycles. The zero-order valence-electron chi connectivity index (χ0n) is 16.0. The molecule has 0 aliphatic carbocycles. The number of nitrogens with one attached hydrogen (secondary N) is 1. The highest BCUT2D eigenvalue weighted by Crippen LogP contribution is 2.20. The maximum atomic E-state index is 12.6. The summed E-state index contributed by atoms with van der Waals surface area (Å²) in [6.45, 7) is 3.50. The number of rotatable bonds is 8. The number of carbonyl (C=O) groups is 1. The number of amides is 1. The van der Waals surface area contributed by atoms with Gasteiger partial charge in [0, 0.05) is 33.7 Å². The van der Waals surface area contributed by atoms with Gasteiger partial charge in [0.1, 0.15) is 0 Å². The fraction of sp³-hybridized carbons (Fsp3) is 0.632. The summed E-state index contributed by atoms with van der Waals surface area (Å²) in [6, 6.07) is 10.3. The Morgan fingerprint density at radius 2 is 2.00 bits per heavy atom. The molecule has 0 aromatic heterocycles. The highest BCUT2D eigenvalue weighted by molar-refractivity contribution is 7.86. The van der Waals surface area contributed by atoms with Crippen molar-refractivity contribution < 1.29 is 13.2 Å². The first-order chi connectivity index (χ1) is 12.3. The van der Waals surface area contributed by atoms with Crippen LogP contribution in [0.25, 0.3) is 0 Å². The number of piperidine rings is 1. The lowest BCUT2D eigenvalue weighted by Crippen LogP contribution is -2.49. The normalized spacial score (nSPS) is 20.1. The SMILES string of the molecule is CC[C@@H](CNC(=O)[C@H]1CCCN(S(=O)(=O)N(C)C)C1)Cc1ccccc1. The van der Waals surface area contributed by atoms with Crippen molar-refractivity contribution >= 4 is 16.1 Å². The maximum absolute atomic E-state index is 12.6. The van der Waals surface area contributed by atoms with Crippen LogP contribution in [0.15, 0.2) is 30.3 Å². The van der Waals surface area contributed by atoms with Gasteiger partial charge >= 0.3 is 0 Å². The van der Waals surface area contributed by atoms with Crippen LogP contribution in [-0.4, -0.2) is 56.7 Å². The first-order valence-corrected chi connectivity index (χ1v) is 10.7. The third-order valence-electron chi connectivity index (χ3n) is 5.05. The minimum Gasteiger partial charge on any atom is -0.356 e. The molecule has 1 amide bonds. The molecule has 1 saturated heterocycles. The Labute approximate surface area is 157 Å². The molecule has 26 heavy (non-hydrogen) atoms. The van der Waals surface area contributed by atoms with Crippen molar-refractivity contribution in [3.63, 3.8) is 0 Å². The number of hydrogen-bond donors (Lipinski definition) is 1. The van der Waals surface area contributed by atoms with Crippen LogP contribution in [0.3, 0.4) is 0 Å². The zero-order valence-corrected chi connectivity index (χ0v) is 16.8. The molecule has 1 N–H and O–H groups in total. The van der Waals surface area contributed by atoms with Crippen LogP contribution in [0.2, 0.25) is 0 Å². The highest BCUT2D eigenvalue weighted by atomic mass is 32.2. The summed E-state index contributed by atoms with van der Waals surface area (Å²) < 4.78 is 27.2. The fourth-order valence-corrected chi connectivity index (χ4v) is 4.48. The summed E-state index contributed by atoms with van der Waals surface area (Å²) >= 11 is 0. The van der Waals surface area contributed by atoms with Crippen molar-refractivity contribution in [2.75, 3.05) is 33.7 Å². The van der Waals surface area contributed by atoms with Crippen LogP contribution in [-0.2, 0) is 21.4 Å². The number of hydrogen-bond acceptors (Lipinski definition) is 3. The van der Waals surface area contributed by atoms with E-state index in [0.717, 1.165) is 19.3 Å². The Morgan fingerprint density at radius 1 is 1.31 bits per heavy atom. The first-order valence-electron chi connectivity index (χ1n) is 9.33. The van der Waals surface area contributed by atoms with Crippen LogP contribution in [0.1, 0.15) is 31.7 Å². The number of carbonyl (C=O) groups excluding carboxylic acids is 1. The van der Waals surface area contributed by atoms with E-state index >= 15 is 0 Å². The Bertz CT molecular complexity index is 677. The molecule has 0 saturated carbocycles. The molecular formula is C19H31N3O3S. The van der Waals surface area contributed by atoms with Crippen molar-refractivity contribution in [2.24, 2.45) is 11.8 Å². The Hall–Kier alpha value is -1.44. The summed E-state index contributed by atoms with van der Waals surface area (Å²) in [5.74, 6) is 0.0782. The lowest BCUT2D eigenvalue weighted by Gasteiger charge is -2.33. The molecule has 0 spiro atoms. The van der Waals surface area contributed by atoms with Crippen LogP contribution in [0.4, 0.5) is 0 Å². The predicted molar refractivity (Wildman–Crippen MR) is 104 cm³/mol. The highest BCUT2D eigenvalue weighted by Gasteiger charge is 2.33. The van der Waals surface area contributed by atoms with Crippen molar-refractivity contribution in [2.45, 2.75) is 32.6 Å². The van der Waals surface area contributed by atoms with Gasteiger partial charge in [-0.15, -0.1) is 0 Å². The lowest BCUT2D eigenvalue weighted by molar-refractivity contribution is -0.126. The quantitative estimate of drug-likeness (QED) is 0.748. The van der Waals surface area contributed by atoms with Gasteiger partial charge in [0.2, 0.25) is 5.91 Å². The second-order valence-corrected chi connectivity index (χ2v) is 9.34. The van der Waals surface area contributed by atoms with Crippen LogP contribution in [0.5, 0.6) is 0 Å². The van der Waals surface area contributed by atoms with E-state index in [9.17, 15) is 13.2 Å². The molecule has 0 radical (unpaired) electrons. The van der Waals surface area contributed by atoms with Crippen LogP contribution >= 0.6 is 0 Å². The van der Waals surface area contributed by atoms with E-state index in [1.54, 1.807) is 0 Å². The monoisotopic (exact) mass is 381 g/mol. The third-order valence-corrected chi connectivity index (χ3v) is 6.96. The maximum Gasteiger partial charge on any atom is 0.281 e. The van der Waals surface area contributed by atoms with Gasteiger partial charge in [-0.25, -0.2) is 0 Å². The second-order valence-electron chi connectivity index (χ2n) is 7.20. The molecule has 146 valence electrons. The standard InChI is InChI=1S/C19H31N3O3S/c1-4-16(13-17-9-6-5-7-10-17)14-20-19(23)18-11-8-12-22(15-18)26(24,25)21(2)3/h5-7,9-10,16,18H,4,8,11-15H2,1-3H3,(H,20,23)/t16-,18+/m1/s1. The zero-order chi connectivity index (χ0) is 19.2. The number of nitrogens with zero attached hydrogens (tertiary/aromatic N) is 2. The topological polar surface area (TPSA) is 69.7 Å². The van der Waals surface area contributed by atoms with Gasteiger partial charge < -0.3 is 5.32 Å². The van der Waals surface area contributed by atoms with Gasteiger partial charge in [0.15, 0.2) is 0 Å². The lowest BCUT2D eigenvalue weighted by atomic mass is 9.95. The van der Waals surface area contributed by atoms with Crippen molar-refractivity contribution in [1.29, 1.82) is 0 Å². The first kappa shape index (κ1) is 20.9. The summed E-state index contributed by atoms with van der Waals surface area (Å²) in [5.41, 5.74) is 1.27. The molecule has 1 aromatic rings. The molecule has 6 nitrogen and oxygen atoms in total. The molecule has 0 unspecified atom stereocenters. The Kier molecular flexibility index (Phi) is 7.61. The van der Waals surface area contributed by atoms with Gasteiger partial charge in [-0.2, -0.15) is 17.0 Å². The van der Waals surface area contributed by atoms with Crippen molar-refractivity contribution in [1.82, 2.24) is 13.9 Å². The molecule has 1 fully saturated rings. The summed E-state index contributed by atoms with van der Waals surface area (Å²) in [7, 11) is -0.412. The van der Waals surface area contributed by atoms with E-state index in [2.05, 4.69) is 24.4 Å². The third kappa shape index (κ3) is 5.53.